The van der Waals surface area contributed by atoms with Crippen molar-refractivity contribution in [3.05, 3.63) is 47.0 Å². The Morgan fingerprint density at radius 1 is 1.29 bits per heavy atom. The number of benzene rings is 1. The normalized spacial score (nSPS) is 15.2. The van der Waals surface area contributed by atoms with Gasteiger partial charge in [-0.25, -0.2) is 4.98 Å². The van der Waals surface area contributed by atoms with Crippen molar-refractivity contribution >= 4 is 16.9 Å². The Balaban J connectivity index is 1.59. The molecule has 2 heterocycles. The Morgan fingerprint density at radius 3 is 2.96 bits per heavy atom. The third kappa shape index (κ3) is 3.54. The topological polar surface area (TPSA) is 84.8 Å². The van der Waals surface area contributed by atoms with Gasteiger partial charge in [0.25, 0.3) is 5.91 Å². The number of hydrogen-bond donors (Lipinski definition) is 2. The summed E-state index contributed by atoms with van der Waals surface area (Å²) in [4.78, 5) is 17.7. The van der Waals surface area contributed by atoms with Crippen LogP contribution in [0.1, 0.15) is 59.8 Å². The molecule has 2 N–H and O–H groups in total. The maximum absolute atomic E-state index is 13.0. The van der Waals surface area contributed by atoms with Crippen molar-refractivity contribution in [2.24, 2.45) is 0 Å². The van der Waals surface area contributed by atoms with Crippen molar-refractivity contribution < 1.29 is 9.53 Å². The number of carbonyl (C=O) groups excluding carboxylic acids is 1. The summed E-state index contributed by atoms with van der Waals surface area (Å²) < 4.78 is 7.38. The summed E-state index contributed by atoms with van der Waals surface area (Å²) >= 11 is 0. The van der Waals surface area contributed by atoms with Crippen LogP contribution in [0.2, 0.25) is 0 Å². The number of fused-ring (bicyclic) bond motifs is 2. The first-order valence-corrected chi connectivity index (χ1v) is 10.00. The van der Waals surface area contributed by atoms with Gasteiger partial charge in [0.15, 0.2) is 5.69 Å². The van der Waals surface area contributed by atoms with E-state index in [0.717, 1.165) is 53.8 Å². The minimum absolute atomic E-state index is 0.141. The van der Waals surface area contributed by atoms with Gasteiger partial charge in [-0.1, -0.05) is 18.6 Å². The number of rotatable bonds is 6. The van der Waals surface area contributed by atoms with Crippen LogP contribution >= 0.6 is 0 Å². The molecule has 0 radical (unpaired) electrons. The van der Waals surface area contributed by atoms with E-state index in [9.17, 15) is 4.79 Å². The molecule has 148 valence electrons. The lowest BCUT2D eigenvalue weighted by molar-refractivity contribution is 0.0931. The van der Waals surface area contributed by atoms with Crippen LogP contribution in [0.25, 0.3) is 11.0 Å². The second-order valence-electron chi connectivity index (χ2n) is 7.39. The fraction of sp³-hybridized carbons (Fsp3) is 0.476. The van der Waals surface area contributed by atoms with Crippen molar-refractivity contribution in [3.63, 3.8) is 0 Å². The van der Waals surface area contributed by atoms with Crippen molar-refractivity contribution in [3.8, 4) is 0 Å². The van der Waals surface area contributed by atoms with Gasteiger partial charge in [-0.15, -0.1) is 0 Å². The lowest BCUT2D eigenvalue weighted by Gasteiger charge is -2.16. The van der Waals surface area contributed by atoms with Crippen molar-refractivity contribution in [1.82, 2.24) is 25.1 Å². The molecule has 7 heteroatoms. The molecule has 28 heavy (non-hydrogen) atoms. The Labute approximate surface area is 164 Å². The summed E-state index contributed by atoms with van der Waals surface area (Å²) in [6.45, 7) is 3.24. The summed E-state index contributed by atoms with van der Waals surface area (Å²) in [6.07, 6.45) is 5.34. The van der Waals surface area contributed by atoms with E-state index in [1.807, 2.05) is 31.2 Å². The Morgan fingerprint density at radius 2 is 2.11 bits per heavy atom. The summed E-state index contributed by atoms with van der Waals surface area (Å²) in [7, 11) is 1.69. The lowest BCUT2D eigenvalue weighted by Crippen LogP contribution is -2.30. The summed E-state index contributed by atoms with van der Waals surface area (Å²) in [5.41, 5.74) is 4.69. The molecule has 1 amide bonds. The SMILES string of the molecule is COCCn1c(C(C)NC(=O)c2n[nH]c3c2CCCCC3)nc2ccccc21. The van der Waals surface area contributed by atoms with Crippen LogP contribution in [-0.4, -0.2) is 39.4 Å². The van der Waals surface area contributed by atoms with E-state index < -0.39 is 0 Å². The molecule has 7 nitrogen and oxygen atoms in total. The van der Waals surface area contributed by atoms with Gasteiger partial charge in [0.1, 0.15) is 5.82 Å². The number of carbonyl (C=O) groups is 1. The van der Waals surface area contributed by atoms with Crippen LogP contribution in [-0.2, 0) is 24.1 Å². The van der Waals surface area contributed by atoms with Crippen molar-refractivity contribution in [2.45, 2.75) is 51.6 Å². The molecule has 0 aliphatic heterocycles. The quantitative estimate of drug-likeness (QED) is 0.642. The number of aryl methyl sites for hydroxylation is 1. The van der Waals surface area contributed by atoms with Gasteiger partial charge in [-0.05, 0) is 44.7 Å². The third-order valence-corrected chi connectivity index (χ3v) is 5.46. The van der Waals surface area contributed by atoms with Crippen LogP contribution < -0.4 is 5.32 Å². The highest BCUT2D eigenvalue weighted by atomic mass is 16.5. The molecule has 1 aliphatic carbocycles. The molecule has 0 bridgehead atoms. The fourth-order valence-corrected chi connectivity index (χ4v) is 4.02. The second kappa shape index (κ2) is 8.14. The number of nitrogens with zero attached hydrogens (tertiary/aromatic N) is 3. The fourth-order valence-electron chi connectivity index (χ4n) is 4.02. The van der Waals surface area contributed by atoms with Crippen LogP contribution in [0, 0.1) is 0 Å². The molecule has 1 aromatic carbocycles. The van der Waals surface area contributed by atoms with Gasteiger partial charge in [-0.2, -0.15) is 5.10 Å². The zero-order valence-corrected chi connectivity index (χ0v) is 16.5. The van der Waals surface area contributed by atoms with Crippen molar-refractivity contribution in [2.75, 3.05) is 13.7 Å². The smallest absolute Gasteiger partial charge is 0.272 e. The molecular weight excluding hydrogens is 354 g/mol. The number of para-hydroxylation sites is 2. The molecule has 0 spiro atoms. The first kappa shape index (κ1) is 18.7. The Hall–Kier alpha value is -2.67. The summed E-state index contributed by atoms with van der Waals surface area (Å²) in [5, 5.41) is 10.5. The van der Waals surface area contributed by atoms with E-state index in [0.29, 0.717) is 18.8 Å². The Bertz CT molecular complexity index is 974. The molecule has 0 saturated carbocycles. The number of aromatic nitrogens is 4. The van der Waals surface area contributed by atoms with E-state index in [2.05, 4.69) is 20.1 Å². The predicted octanol–water partition coefficient (Wildman–Crippen LogP) is 3.17. The first-order valence-electron chi connectivity index (χ1n) is 10.00. The van der Waals surface area contributed by atoms with Gasteiger partial charge in [0.2, 0.25) is 0 Å². The second-order valence-corrected chi connectivity index (χ2v) is 7.39. The van der Waals surface area contributed by atoms with Crippen LogP contribution in [0.15, 0.2) is 24.3 Å². The van der Waals surface area contributed by atoms with Gasteiger partial charge in [0.05, 0.1) is 23.7 Å². The van der Waals surface area contributed by atoms with E-state index in [1.54, 1.807) is 7.11 Å². The van der Waals surface area contributed by atoms with E-state index in [4.69, 9.17) is 9.72 Å². The Kier molecular flexibility index (Phi) is 5.43. The van der Waals surface area contributed by atoms with E-state index >= 15 is 0 Å². The number of imidazole rings is 1. The van der Waals surface area contributed by atoms with E-state index in [-0.39, 0.29) is 11.9 Å². The molecule has 1 aliphatic rings. The molecule has 3 aromatic rings. The number of nitrogens with one attached hydrogen (secondary N) is 2. The molecule has 4 rings (SSSR count). The van der Waals surface area contributed by atoms with Gasteiger partial charge < -0.3 is 14.6 Å². The standard InChI is InChI=1S/C21H27N5O2/c1-14(20-23-17-10-6-7-11-18(17)26(20)12-13-28-2)22-21(27)19-15-8-4-3-5-9-16(15)24-25-19/h6-7,10-11,14H,3-5,8-9,12-13H2,1-2H3,(H,22,27)(H,24,25). The highest BCUT2D eigenvalue weighted by Gasteiger charge is 2.24. The minimum atomic E-state index is -0.241. The minimum Gasteiger partial charge on any atom is -0.383 e. The molecular formula is C21H27N5O2. The monoisotopic (exact) mass is 381 g/mol. The number of methoxy groups -OCH3 is 1. The average Bonchev–Trinajstić information content (AvgIpc) is 3.20. The summed E-state index contributed by atoms with van der Waals surface area (Å²) in [5.74, 6) is 0.686. The highest BCUT2D eigenvalue weighted by Crippen LogP contribution is 2.24. The van der Waals surface area contributed by atoms with Crippen molar-refractivity contribution in [1.29, 1.82) is 0 Å². The molecule has 2 aromatic heterocycles. The van der Waals surface area contributed by atoms with Crippen LogP contribution in [0.5, 0.6) is 0 Å². The zero-order valence-electron chi connectivity index (χ0n) is 16.5. The van der Waals surface area contributed by atoms with Crippen LogP contribution in [0.4, 0.5) is 0 Å². The molecule has 1 atom stereocenters. The highest BCUT2D eigenvalue weighted by molar-refractivity contribution is 5.94. The number of H-pyrrole nitrogens is 1. The molecule has 1 unspecified atom stereocenters. The number of hydrogen-bond acceptors (Lipinski definition) is 4. The number of aromatic amines is 1. The summed E-state index contributed by atoms with van der Waals surface area (Å²) in [6, 6.07) is 7.77. The zero-order chi connectivity index (χ0) is 19.5. The third-order valence-electron chi connectivity index (χ3n) is 5.46. The predicted molar refractivity (Wildman–Crippen MR) is 107 cm³/mol. The lowest BCUT2D eigenvalue weighted by atomic mass is 10.1. The van der Waals surface area contributed by atoms with Crippen LogP contribution in [0.3, 0.4) is 0 Å². The van der Waals surface area contributed by atoms with Gasteiger partial charge >= 0.3 is 0 Å². The van der Waals surface area contributed by atoms with Gasteiger partial charge in [-0.3, -0.25) is 9.89 Å². The molecule has 0 saturated heterocycles. The van der Waals surface area contributed by atoms with Gasteiger partial charge in [0, 0.05) is 24.9 Å². The maximum Gasteiger partial charge on any atom is 0.272 e. The largest absolute Gasteiger partial charge is 0.383 e. The first-order chi connectivity index (χ1) is 13.7. The number of amides is 1. The van der Waals surface area contributed by atoms with E-state index in [1.165, 1.54) is 6.42 Å². The average molecular weight is 381 g/mol. The molecule has 0 fully saturated rings. The maximum atomic E-state index is 13.0. The number of ether oxygens (including phenoxy) is 1.